The van der Waals surface area contributed by atoms with Crippen LogP contribution in [-0.4, -0.2) is 11.0 Å². The van der Waals surface area contributed by atoms with E-state index in [0.717, 1.165) is 5.56 Å². The number of nitrogens with zero attached hydrogens (tertiary/aromatic N) is 2. The van der Waals surface area contributed by atoms with Crippen LogP contribution in [0.1, 0.15) is 5.56 Å². The Morgan fingerprint density at radius 3 is 2.26 bits per heavy atom. The van der Waals surface area contributed by atoms with Crippen LogP contribution < -0.4 is 0 Å². The average Bonchev–Trinajstić information content (AvgIpc) is 2.47. The second kappa shape index (κ2) is 6.30. The highest BCUT2D eigenvalue weighted by Crippen LogP contribution is 2.10. The fourth-order valence-electron chi connectivity index (χ4n) is 1.44. The van der Waals surface area contributed by atoms with E-state index in [4.69, 9.17) is 4.74 Å². The van der Waals surface area contributed by atoms with Crippen LogP contribution in [0.3, 0.4) is 0 Å². The summed E-state index contributed by atoms with van der Waals surface area (Å²) in [6.07, 6.45) is -0.914. The molecule has 5 nitrogen and oxygen atoms in total. The highest BCUT2D eigenvalue weighted by molar-refractivity contribution is 5.67. The van der Waals surface area contributed by atoms with Crippen molar-refractivity contribution >= 4 is 11.8 Å². The van der Waals surface area contributed by atoms with Gasteiger partial charge in [0.25, 0.3) is 0 Å². The summed E-state index contributed by atoms with van der Waals surface area (Å²) in [6, 6.07) is 17.4. The summed E-state index contributed by atoms with van der Waals surface area (Å²) in [6.45, 7) is 0.0891. The second-order valence-electron chi connectivity index (χ2n) is 3.75. The van der Waals surface area contributed by atoms with Crippen molar-refractivity contribution in [1.82, 2.24) is 0 Å². The van der Waals surface area contributed by atoms with Gasteiger partial charge in [0, 0.05) is 12.1 Å². The molecule has 0 aliphatic carbocycles. The predicted molar refractivity (Wildman–Crippen MR) is 68.8 cm³/mol. The minimum atomic E-state index is -0.914. The van der Waals surface area contributed by atoms with Gasteiger partial charge in [-0.15, -0.1) is 0 Å². The first-order valence-electron chi connectivity index (χ1n) is 5.70. The molecule has 0 aromatic heterocycles. The van der Waals surface area contributed by atoms with Gasteiger partial charge in [0.1, 0.15) is 6.61 Å². The van der Waals surface area contributed by atoms with Crippen molar-refractivity contribution in [2.75, 3.05) is 0 Å². The quantitative estimate of drug-likeness (QED) is 0.478. The number of para-hydroxylation sites is 1. The molecule has 0 unspecified atom stereocenters. The van der Waals surface area contributed by atoms with E-state index >= 15 is 0 Å². The molecule has 0 fully saturated rings. The molecule has 5 heteroatoms. The van der Waals surface area contributed by atoms with Crippen LogP contribution in [0.15, 0.2) is 65.8 Å². The monoisotopic (exact) mass is 256 g/mol. The number of hydrogen-bond donors (Lipinski definition) is 0. The molecule has 0 bridgehead atoms. The fraction of sp³-hybridized carbons (Fsp3) is 0.0714. The average molecular weight is 256 g/mol. The maximum absolute atomic E-state index is 11.5. The Morgan fingerprint density at radius 1 is 1.05 bits per heavy atom. The molecule has 0 radical (unpaired) electrons. The standard InChI is InChI=1S/C14H12N2O3/c17-14(19-11-12-7-3-1-4-8-12)15-16(18)13-9-5-2-6-10-13/h1-10H,11H2/b16-15-. The van der Waals surface area contributed by atoms with Crippen LogP contribution in [0.5, 0.6) is 0 Å². The topological polar surface area (TPSA) is 64.7 Å². The maximum Gasteiger partial charge on any atom is 0.492 e. The van der Waals surface area contributed by atoms with Crippen LogP contribution in [0.4, 0.5) is 10.5 Å². The molecular weight excluding hydrogens is 244 g/mol. The predicted octanol–water partition coefficient (Wildman–Crippen LogP) is 3.62. The second-order valence-corrected chi connectivity index (χ2v) is 3.75. The molecule has 0 spiro atoms. The first-order chi connectivity index (χ1) is 9.25. The largest absolute Gasteiger partial charge is 0.594 e. The summed E-state index contributed by atoms with van der Waals surface area (Å²) in [7, 11) is 0. The van der Waals surface area contributed by atoms with Crippen LogP contribution >= 0.6 is 0 Å². The van der Waals surface area contributed by atoms with Gasteiger partial charge in [0.2, 0.25) is 5.69 Å². The Balaban J connectivity index is 1.94. The number of ether oxygens (including phenoxy) is 1. The Kier molecular flexibility index (Phi) is 4.23. The molecule has 19 heavy (non-hydrogen) atoms. The number of amides is 1. The van der Waals surface area contributed by atoms with Crippen LogP contribution in [0.2, 0.25) is 0 Å². The molecule has 0 heterocycles. The zero-order valence-corrected chi connectivity index (χ0v) is 10.1. The van der Waals surface area contributed by atoms with Crippen LogP contribution in [0, 0.1) is 5.21 Å². The third-order valence-corrected chi connectivity index (χ3v) is 2.35. The van der Waals surface area contributed by atoms with Gasteiger partial charge in [0.15, 0.2) is 0 Å². The van der Waals surface area contributed by atoms with Crippen molar-refractivity contribution in [2.24, 2.45) is 5.11 Å². The Bertz CT molecular complexity index is 568. The van der Waals surface area contributed by atoms with Gasteiger partial charge in [-0.25, -0.2) is 4.79 Å². The molecule has 1 amide bonds. The molecule has 0 saturated heterocycles. The van der Waals surface area contributed by atoms with E-state index in [1.807, 2.05) is 30.3 Å². The third-order valence-electron chi connectivity index (χ3n) is 2.35. The van der Waals surface area contributed by atoms with Crippen molar-refractivity contribution in [3.05, 3.63) is 71.4 Å². The van der Waals surface area contributed by atoms with E-state index in [0.29, 0.717) is 0 Å². The van der Waals surface area contributed by atoms with Crippen LogP contribution in [-0.2, 0) is 11.3 Å². The normalized spacial score (nSPS) is 11.1. The summed E-state index contributed by atoms with van der Waals surface area (Å²) in [4.78, 5) is 11.6. The number of azo groups is 1. The molecule has 0 aliphatic heterocycles. The molecule has 0 atom stereocenters. The van der Waals surface area contributed by atoms with E-state index < -0.39 is 6.09 Å². The summed E-state index contributed by atoms with van der Waals surface area (Å²) < 4.78 is 4.87. The lowest BCUT2D eigenvalue weighted by molar-refractivity contribution is -0.436. The Labute approximate surface area is 110 Å². The zero-order valence-electron chi connectivity index (χ0n) is 10.1. The zero-order chi connectivity index (χ0) is 13.5. The van der Waals surface area contributed by atoms with Gasteiger partial charge in [-0.1, -0.05) is 48.5 Å². The van der Waals surface area contributed by atoms with E-state index in [1.165, 1.54) is 0 Å². The lowest BCUT2D eigenvalue weighted by Crippen LogP contribution is -2.03. The molecule has 2 aromatic rings. The summed E-state index contributed by atoms with van der Waals surface area (Å²) in [5.41, 5.74) is 1.11. The summed E-state index contributed by atoms with van der Waals surface area (Å²) >= 11 is 0. The molecule has 0 N–H and O–H groups in total. The smallest absolute Gasteiger partial charge is 0.492 e. The lowest BCUT2D eigenvalue weighted by atomic mass is 10.2. The maximum atomic E-state index is 11.5. The first-order valence-corrected chi connectivity index (χ1v) is 5.70. The van der Waals surface area contributed by atoms with Gasteiger partial charge in [-0.3, -0.25) is 0 Å². The van der Waals surface area contributed by atoms with Crippen molar-refractivity contribution in [3.8, 4) is 0 Å². The van der Waals surface area contributed by atoms with Gasteiger partial charge in [0.05, 0.1) is 5.11 Å². The van der Waals surface area contributed by atoms with E-state index in [9.17, 15) is 10.0 Å². The molecule has 2 aromatic carbocycles. The number of benzene rings is 2. The van der Waals surface area contributed by atoms with Crippen LogP contribution in [0.25, 0.3) is 0 Å². The van der Waals surface area contributed by atoms with Gasteiger partial charge in [-0.2, -0.15) is 0 Å². The highest BCUT2D eigenvalue weighted by atomic mass is 16.6. The SMILES string of the molecule is O=C(/N=[N+](\[O-])c1ccccc1)OCc1ccccc1. The van der Waals surface area contributed by atoms with Gasteiger partial charge in [-0.05, 0) is 10.4 Å². The molecule has 96 valence electrons. The number of carbonyl (C=O) groups is 1. The third kappa shape index (κ3) is 3.92. The molecular formula is C14H12N2O3. The Hall–Kier alpha value is -2.69. The van der Waals surface area contributed by atoms with Gasteiger partial charge >= 0.3 is 6.09 Å². The molecule has 0 saturated carbocycles. The van der Waals surface area contributed by atoms with E-state index in [2.05, 4.69) is 5.11 Å². The molecule has 2 rings (SSSR count). The van der Waals surface area contributed by atoms with E-state index in [1.54, 1.807) is 30.3 Å². The highest BCUT2D eigenvalue weighted by Gasteiger charge is 2.08. The first kappa shape index (κ1) is 12.8. The van der Waals surface area contributed by atoms with Crippen molar-refractivity contribution in [3.63, 3.8) is 0 Å². The minimum Gasteiger partial charge on any atom is -0.594 e. The van der Waals surface area contributed by atoms with E-state index in [-0.39, 0.29) is 17.2 Å². The number of hydrogen-bond acceptors (Lipinski definition) is 3. The van der Waals surface area contributed by atoms with Crippen molar-refractivity contribution in [1.29, 1.82) is 0 Å². The summed E-state index contributed by atoms with van der Waals surface area (Å²) in [5.74, 6) is 0. The Morgan fingerprint density at radius 2 is 1.63 bits per heavy atom. The fourth-order valence-corrected chi connectivity index (χ4v) is 1.44. The number of carbonyl (C=O) groups excluding carboxylic acids is 1. The van der Waals surface area contributed by atoms with Crippen molar-refractivity contribution < 1.29 is 14.4 Å². The summed E-state index contributed by atoms with van der Waals surface area (Å²) in [5, 5.41) is 14.8. The van der Waals surface area contributed by atoms with Crippen molar-refractivity contribution in [2.45, 2.75) is 6.61 Å². The lowest BCUT2D eigenvalue weighted by Gasteiger charge is -2.01. The minimum absolute atomic E-state index is 0.0891. The molecule has 0 aliphatic rings. The van der Waals surface area contributed by atoms with Gasteiger partial charge < -0.3 is 9.94 Å². The number of rotatable bonds is 3.